The quantitative estimate of drug-likeness (QED) is 0.619. The molecule has 0 heterocycles. The minimum atomic E-state index is -0.0641. The van der Waals surface area contributed by atoms with Gasteiger partial charge in [-0.2, -0.15) is 0 Å². The molecule has 0 atom stereocenters. The molecule has 1 aliphatic carbocycles. The van der Waals surface area contributed by atoms with Crippen LogP contribution < -0.4 is 0 Å². The van der Waals surface area contributed by atoms with E-state index in [1.807, 2.05) is 0 Å². The Hall–Kier alpha value is -2.26. The molecule has 0 N–H and O–H groups in total. The van der Waals surface area contributed by atoms with E-state index < -0.39 is 0 Å². The summed E-state index contributed by atoms with van der Waals surface area (Å²) in [5, 5.41) is 0. The van der Waals surface area contributed by atoms with Gasteiger partial charge in [0.2, 0.25) is 0 Å². The van der Waals surface area contributed by atoms with Crippen LogP contribution in [0.25, 0.3) is 0 Å². The summed E-state index contributed by atoms with van der Waals surface area (Å²) in [7, 11) is 3.25. The van der Waals surface area contributed by atoms with Gasteiger partial charge in [-0.15, -0.1) is 0 Å². The molecule has 2 aromatic rings. The number of carbonyl (C=O) groups is 2. The molecule has 0 amide bonds. The van der Waals surface area contributed by atoms with E-state index in [2.05, 4.69) is 4.74 Å². The van der Waals surface area contributed by atoms with Gasteiger partial charge in [-0.05, 0) is 0 Å². The van der Waals surface area contributed by atoms with E-state index in [1.165, 1.54) is 0 Å². The smallest absolute Gasteiger partial charge is 0.194 e. The van der Waals surface area contributed by atoms with Crippen molar-refractivity contribution in [2.45, 2.75) is 0 Å². The van der Waals surface area contributed by atoms with Gasteiger partial charge in [0.15, 0.2) is 11.6 Å². The van der Waals surface area contributed by atoms with Gasteiger partial charge in [0.05, 0.1) is 0 Å². The predicted octanol–water partition coefficient (Wildman–Crippen LogP) is 2.72. The third kappa shape index (κ3) is 2.33. The number of rotatable bonds is 0. The molecule has 0 aliphatic heterocycles. The summed E-state index contributed by atoms with van der Waals surface area (Å²) in [6, 6.07) is 13.9. The van der Waals surface area contributed by atoms with Crippen molar-refractivity contribution in [1.29, 1.82) is 0 Å². The monoisotopic (exact) mass is 254 g/mol. The second-order valence-electron chi connectivity index (χ2n) is 4.16. The summed E-state index contributed by atoms with van der Waals surface area (Å²) in [6.07, 6.45) is 0. The SMILES string of the molecule is COC.O=C1c2ccccc2C(=O)c2ccccc21. The van der Waals surface area contributed by atoms with E-state index in [4.69, 9.17) is 0 Å². The second-order valence-corrected chi connectivity index (χ2v) is 4.16. The molecule has 0 radical (unpaired) electrons. The van der Waals surface area contributed by atoms with Crippen molar-refractivity contribution in [1.82, 2.24) is 0 Å². The summed E-state index contributed by atoms with van der Waals surface area (Å²) in [6.45, 7) is 0. The van der Waals surface area contributed by atoms with Crippen LogP contribution in [0.5, 0.6) is 0 Å². The van der Waals surface area contributed by atoms with E-state index in [1.54, 1.807) is 62.8 Å². The second kappa shape index (κ2) is 5.59. The number of fused-ring (bicyclic) bond motifs is 2. The summed E-state index contributed by atoms with van der Waals surface area (Å²) < 4.78 is 4.25. The first-order valence-corrected chi connectivity index (χ1v) is 5.88. The third-order valence-electron chi connectivity index (χ3n) is 2.83. The lowest BCUT2D eigenvalue weighted by Crippen LogP contribution is -2.20. The molecule has 3 nitrogen and oxygen atoms in total. The molecule has 0 unspecified atom stereocenters. The zero-order valence-electron chi connectivity index (χ0n) is 10.8. The van der Waals surface area contributed by atoms with Gasteiger partial charge in [-0.3, -0.25) is 9.59 Å². The maximum absolute atomic E-state index is 12.1. The fourth-order valence-electron chi connectivity index (χ4n) is 2.05. The number of hydrogen-bond acceptors (Lipinski definition) is 3. The highest BCUT2D eigenvalue weighted by Gasteiger charge is 2.28. The first-order valence-electron chi connectivity index (χ1n) is 5.88. The average Bonchev–Trinajstić information content (AvgIpc) is 2.46. The Morgan fingerprint density at radius 2 is 0.842 bits per heavy atom. The van der Waals surface area contributed by atoms with E-state index in [0.29, 0.717) is 22.3 Å². The van der Waals surface area contributed by atoms with Gasteiger partial charge in [-0.25, -0.2) is 0 Å². The van der Waals surface area contributed by atoms with Gasteiger partial charge >= 0.3 is 0 Å². The maximum atomic E-state index is 12.1. The first kappa shape index (κ1) is 13.2. The number of methoxy groups -OCH3 is 1. The number of hydrogen-bond donors (Lipinski definition) is 0. The number of benzene rings is 2. The number of ether oxygens (including phenoxy) is 1. The molecule has 1 aliphatic rings. The van der Waals surface area contributed by atoms with Crippen molar-refractivity contribution in [2.24, 2.45) is 0 Å². The molecule has 0 aromatic heterocycles. The Bertz CT molecular complexity index is 524. The topological polar surface area (TPSA) is 43.4 Å². The molecule has 0 fully saturated rings. The van der Waals surface area contributed by atoms with Gasteiger partial charge in [-0.1, -0.05) is 48.5 Å². The third-order valence-corrected chi connectivity index (χ3v) is 2.83. The maximum Gasteiger partial charge on any atom is 0.194 e. The molecule has 19 heavy (non-hydrogen) atoms. The number of ketones is 2. The average molecular weight is 254 g/mol. The lowest BCUT2D eigenvalue weighted by Gasteiger charge is -2.16. The minimum Gasteiger partial charge on any atom is -0.388 e. The largest absolute Gasteiger partial charge is 0.388 e. The molecule has 0 spiro atoms. The molecule has 2 aromatic carbocycles. The fourth-order valence-corrected chi connectivity index (χ4v) is 2.05. The van der Waals surface area contributed by atoms with Crippen molar-refractivity contribution < 1.29 is 14.3 Å². The highest BCUT2D eigenvalue weighted by Crippen LogP contribution is 2.26. The van der Waals surface area contributed by atoms with Crippen LogP contribution in [-0.2, 0) is 4.74 Å². The number of carbonyl (C=O) groups excluding carboxylic acids is 2. The lowest BCUT2D eigenvalue weighted by molar-refractivity contribution is 0.0979. The van der Waals surface area contributed by atoms with Crippen LogP contribution in [-0.4, -0.2) is 25.8 Å². The van der Waals surface area contributed by atoms with E-state index in [9.17, 15) is 9.59 Å². The van der Waals surface area contributed by atoms with Crippen molar-refractivity contribution >= 4 is 11.6 Å². The van der Waals surface area contributed by atoms with E-state index in [-0.39, 0.29) is 11.6 Å². The minimum absolute atomic E-state index is 0.0641. The van der Waals surface area contributed by atoms with E-state index >= 15 is 0 Å². The summed E-state index contributed by atoms with van der Waals surface area (Å²) in [5.74, 6) is -0.128. The normalized spacial score (nSPS) is 12.1. The predicted molar refractivity (Wildman–Crippen MR) is 72.7 cm³/mol. The summed E-state index contributed by atoms with van der Waals surface area (Å²) in [5.41, 5.74) is 2.02. The van der Waals surface area contributed by atoms with Crippen LogP contribution >= 0.6 is 0 Å². The molecule has 0 saturated carbocycles. The van der Waals surface area contributed by atoms with Crippen LogP contribution in [0, 0.1) is 0 Å². The highest BCUT2D eigenvalue weighted by atomic mass is 16.4. The van der Waals surface area contributed by atoms with Crippen LogP contribution in [0.4, 0.5) is 0 Å². The van der Waals surface area contributed by atoms with Crippen molar-refractivity contribution in [3.63, 3.8) is 0 Å². The van der Waals surface area contributed by atoms with Gasteiger partial charge in [0.1, 0.15) is 0 Å². The van der Waals surface area contributed by atoms with Crippen molar-refractivity contribution in [3.05, 3.63) is 70.8 Å². The summed E-state index contributed by atoms with van der Waals surface area (Å²) in [4.78, 5) is 24.2. The Labute approximate surface area is 111 Å². The molecule has 96 valence electrons. The standard InChI is InChI=1S/C14H8O2.C2H6O/c15-13-9-5-1-2-6-10(9)14(16)12-8-4-3-7-11(12)13;1-3-2/h1-8H;1-2H3. The van der Waals surface area contributed by atoms with Crippen LogP contribution in [0.15, 0.2) is 48.5 Å². The first-order chi connectivity index (χ1) is 9.20. The van der Waals surface area contributed by atoms with Crippen LogP contribution in [0.3, 0.4) is 0 Å². The van der Waals surface area contributed by atoms with Gasteiger partial charge in [0.25, 0.3) is 0 Å². The van der Waals surface area contributed by atoms with Crippen LogP contribution in [0.2, 0.25) is 0 Å². The van der Waals surface area contributed by atoms with Crippen molar-refractivity contribution in [3.8, 4) is 0 Å². The molecule has 0 bridgehead atoms. The Morgan fingerprint density at radius 3 is 1.05 bits per heavy atom. The Morgan fingerprint density at radius 1 is 0.632 bits per heavy atom. The van der Waals surface area contributed by atoms with E-state index in [0.717, 1.165) is 0 Å². The van der Waals surface area contributed by atoms with Gasteiger partial charge in [0, 0.05) is 36.5 Å². The van der Waals surface area contributed by atoms with Crippen molar-refractivity contribution in [2.75, 3.05) is 14.2 Å². The molecule has 0 saturated heterocycles. The lowest BCUT2D eigenvalue weighted by atomic mass is 9.84. The Kier molecular flexibility index (Phi) is 3.88. The Balaban J connectivity index is 0.000000408. The molecular weight excluding hydrogens is 240 g/mol. The zero-order valence-corrected chi connectivity index (χ0v) is 10.8. The fraction of sp³-hybridized carbons (Fsp3) is 0.125. The molecule has 3 rings (SSSR count). The highest BCUT2D eigenvalue weighted by molar-refractivity contribution is 6.28. The molecule has 3 heteroatoms. The van der Waals surface area contributed by atoms with Gasteiger partial charge < -0.3 is 4.74 Å². The molecular formula is C16H14O3. The van der Waals surface area contributed by atoms with Crippen LogP contribution in [0.1, 0.15) is 31.8 Å². The summed E-state index contributed by atoms with van der Waals surface area (Å²) >= 11 is 0. The zero-order chi connectivity index (χ0) is 13.8.